The van der Waals surface area contributed by atoms with Crippen molar-refractivity contribution in [1.29, 1.82) is 0 Å². The van der Waals surface area contributed by atoms with Crippen LogP contribution in [0, 0.1) is 0 Å². The standard InChI is InChI=1S/C6H14N2O.ClH/c1-2-5-8-6(9)3-4-7;/h2-5,7H2,1H3,(H,8,9);1H. The fourth-order valence-corrected chi connectivity index (χ4v) is 0.484. The second kappa shape index (κ2) is 8.72. The van der Waals surface area contributed by atoms with Crippen LogP contribution in [-0.4, -0.2) is 19.0 Å². The largest absolute Gasteiger partial charge is 0.356 e. The minimum absolute atomic E-state index is 0. The highest BCUT2D eigenvalue weighted by Gasteiger charge is 1.94. The molecule has 0 bridgehead atoms. The normalized spacial score (nSPS) is 8.20. The molecule has 0 aromatic rings. The molecule has 3 N–H and O–H groups in total. The van der Waals surface area contributed by atoms with Gasteiger partial charge in [-0.05, 0) is 6.42 Å². The number of carbonyl (C=O) groups excluding carboxylic acids is 1. The molecule has 0 atom stereocenters. The summed E-state index contributed by atoms with van der Waals surface area (Å²) in [6.07, 6.45) is 1.43. The summed E-state index contributed by atoms with van der Waals surface area (Å²) < 4.78 is 0. The molecule has 0 aliphatic carbocycles. The van der Waals surface area contributed by atoms with Crippen LogP contribution in [0.3, 0.4) is 0 Å². The first-order valence-corrected chi connectivity index (χ1v) is 3.28. The fourth-order valence-electron chi connectivity index (χ4n) is 0.484. The van der Waals surface area contributed by atoms with E-state index in [1.165, 1.54) is 0 Å². The Morgan fingerprint density at radius 3 is 2.60 bits per heavy atom. The molecule has 0 aliphatic heterocycles. The smallest absolute Gasteiger partial charge is 0.221 e. The number of amides is 1. The van der Waals surface area contributed by atoms with Crippen molar-refractivity contribution >= 4 is 18.3 Å². The van der Waals surface area contributed by atoms with Crippen LogP contribution in [-0.2, 0) is 4.79 Å². The van der Waals surface area contributed by atoms with Crippen LogP contribution in [0.4, 0.5) is 0 Å². The molecule has 0 saturated heterocycles. The fraction of sp³-hybridized carbons (Fsp3) is 0.833. The Labute approximate surface area is 67.8 Å². The van der Waals surface area contributed by atoms with E-state index in [0.29, 0.717) is 13.0 Å². The van der Waals surface area contributed by atoms with E-state index >= 15 is 0 Å². The molecule has 62 valence electrons. The highest BCUT2D eigenvalue weighted by atomic mass is 35.5. The first-order valence-electron chi connectivity index (χ1n) is 3.28. The molecule has 3 nitrogen and oxygen atoms in total. The third-order valence-corrected chi connectivity index (χ3v) is 0.944. The molecule has 1 amide bonds. The molecular weight excluding hydrogens is 152 g/mol. The van der Waals surface area contributed by atoms with Crippen molar-refractivity contribution in [3.8, 4) is 0 Å². The zero-order valence-electron chi connectivity index (χ0n) is 6.22. The second-order valence-electron chi connectivity index (χ2n) is 1.89. The minimum Gasteiger partial charge on any atom is -0.356 e. The Morgan fingerprint density at radius 2 is 2.20 bits per heavy atom. The zero-order valence-corrected chi connectivity index (χ0v) is 7.04. The lowest BCUT2D eigenvalue weighted by Crippen LogP contribution is -2.25. The summed E-state index contributed by atoms with van der Waals surface area (Å²) >= 11 is 0. The van der Waals surface area contributed by atoms with E-state index in [-0.39, 0.29) is 18.3 Å². The third kappa shape index (κ3) is 7.72. The molecule has 0 unspecified atom stereocenters. The first kappa shape index (κ1) is 12.4. The van der Waals surface area contributed by atoms with Gasteiger partial charge in [0, 0.05) is 19.5 Å². The first-order chi connectivity index (χ1) is 4.31. The summed E-state index contributed by atoms with van der Waals surface area (Å²) in [5.41, 5.74) is 5.14. The molecule has 0 saturated carbocycles. The van der Waals surface area contributed by atoms with Crippen LogP contribution in [0.1, 0.15) is 19.8 Å². The number of hydrogen-bond donors (Lipinski definition) is 2. The van der Waals surface area contributed by atoms with Crippen molar-refractivity contribution in [3.05, 3.63) is 0 Å². The van der Waals surface area contributed by atoms with E-state index < -0.39 is 0 Å². The molecule has 0 aliphatic rings. The summed E-state index contributed by atoms with van der Waals surface area (Å²) in [6.45, 7) is 3.22. The van der Waals surface area contributed by atoms with Gasteiger partial charge in [-0.2, -0.15) is 0 Å². The Balaban J connectivity index is 0. The molecule has 0 aromatic heterocycles. The average Bonchev–Trinajstić information content (AvgIpc) is 1.85. The Morgan fingerprint density at radius 1 is 1.60 bits per heavy atom. The number of halogens is 1. The van der Waals surface area contributed by atoms with E-state index in [9.17, 15) is 4.79 Å². The maximum absolute atomic E-state index is 10.6. The average molecular weight is 167 g/mol. The maximum Gasteiger partial charge on any atom is 0.221 e. The minimum atomic E-state index is 0. The van der Waals surface area contributed by atoms with Gasteiger partial charge >= 0.3 is 0 Å². The maximum atomic E-state index is 10.6. The highest BCUT2D eigenvalue weighted by molar-refractivity contribution is 5.85. The van der Waals surface area contributed by atoms with Crippen molar-refractivity contribution < 1.29 is 4.79 Å². The molecule has 0 rings (SSSR count). The van der Waals surface area contributed by atoms with Crippen molar-refractivity contribution in [2.75, 3.05) is 13.1 Å². The van der Waals surface area contributed by atoms with Crippen LogP contribution in [0.5, 0.6) is 0 Å². The van der Waals surface area contributed by atoms with Gasteiger partial charge in [0.15, 0.2) is 0 Å². The van der Waals surface area contributed by atoms with Crippen molar-refractivity contribution in [2.45, 2.75) is 19.8 Å². The predicted molar refractivity (Wildman–Crippen MR) is 44.2 cm³/mol. The summed E-state index contributed by atoms with van der Waals surface area (Å²) in [4.78, 5) is 10.6. The number of rotatable bonds is 4. The van der Waals surface area contributed by atoms with Gasteiger partial charge in [-0.1, -0.05) is 6.92 Å². The predicted octanol–water partition coefficient (Wildman–Crippen LogP) is 0.283. The molecular formula is C6H15ClN2O. The Kier molecular flexibility index (Phi) is 10.8. The quantitative estimate of drug-likeness (QED) is 0.631. The SMILES string of the molecule is CCCNC(=O)CCN.Cl. The van der Waals surface area contributed by atoms with Crippen LogP contribution in [0.25, 0.3) is 0 Å². The highest BCUT2D eigenvalue weighted by Crippen LogP contribution is 1.75. The van der Waals surface area contributed by atoms with Crippen LogP contribution >= 0.6 is 12.4 Å². The van der Waals surface area contributed by atoms with Gasteiger partial charge in [-0.15, -0.1) is 12.4 Å². The van der Waals surface area contributed by atoms with E-state index in [4.69, 9.17) is 5.73 Å². The number of hydrogen-bond acceptors (Lipinski definition) is 2. The monoisotopic (exact) mass is 166 g/mol. The topological polar surface area (TPSA) is 55.1 Å². The van der Waals surface area contributed by atoms with Crippen molar-refractivity contribution in [2.24, 2.45) is 5.73 Å². The van der Waals surface area contributed by atoms with E-state index in [2.05, 4.69) is 5.32 Å². The van der Waals surface area contributed by atoms with Gasteiger partial charge in [0.05, 0.1) is 0 Å². The summed E-state index contributed by atoms with van der Waals surface area (Å²) in [5.74, 6) is 0.0550. The number of carbonyl (C=O) groups is 1. The second-order valence-corrected chi connectivity index (χ2v) is 1.89. The van der Waals surface area contributed by atoms with Crippen LogP contribution in [0.2, 0.25) is 0 Å². The summed E-state index contributed by atoms with van der Waals surface area (Å²) in [6, 6.07) is 0. The third-order valence-electron chi connectivity index (χ3n) is 0.944. The van der Waals surface area contributed by atoms with Gasteiger partial charge in [-0.3, -0.25) is 4.79 Å². The van der Waals surface area contributed by atoms with Gasteiger partial charge < -0.3 is 11.1 Å². The summed E-state index contributed by atoms with van der Waals surface area (Å²) in [5, 5.41) is 2.71. The molecule has 0 heterocycles. The molecule has 0 fully saturated rings. The van der Waals surface area contributed by atoms with Gasteiger partial charge in [0.1, 0.15) is 0 Å². The zero-order chi connectivity index (χ0) is 7.11. The lowest BCUT2D eigenvalue weighted by atomic mass is 10.4. The molecule has 10 heavy (non-hydrogen) atoms. The number of nitrogens with one attached hydrogen (secondary N) is 1. The van der Waals surface area contributed by atoms with Crippen LogP contribution < -0.4 is 11.1 Å². The van der Waals surface area contributed by atoms with Gasteiger partial charge in [0.25, 0.3) is 0 Å². The molecule has 0 radical (unpaired) electrons. The summed E-state index contributed by atoms with van der Waals surface area (Å²) in [7, 11) is 0. The van der Waals surface area contributed by atoms with Gasteiger partial charge in [-0.25, -0.2) is 0 Å². The van der Waals surface area contributed by atoms with Crippen molar-refractivity contribution in [3.63, 3.8) is 0 Å². The van der Waals surface area contributed by atoms with Crippen LogP contribution in [0.15, 0.2) is 0 Å². The van der Waals surface area contributed by atoms with Gasteiger partial charge in [0.2, 0.25) is 5.91 Å². The molecule has 0 spiro atoms. The van der Waals surface area contributed by atoms with E-state index in [1.807, 2.05) is 6.92 Å². The van der Waals surface area contributed by atoms with Crippen molar-refractivity contribution in [1.82, 2.24) is 5.32 Å². The lowest BCUT2D eigenvalue weighted by Gasteiger charge is -1.99. The molecule has 0 aromatic carbocycles. The van der Waals surface area contributed by atoms with E-state index in [0.717, 1.165) is 13.0 Å². The Bertz CT molecular complexity index is 87.8. The molecule has 4 heteroatoms. The number of nitrogens with two attached hydrogens (primary N) is 1. The lowest BCUT2D eigenvalue weighted by molar-refractivity contribution is -0.120. The van der Waals surface area contributed by atoms with E-state index in [1.54, 1.807) is 0 Å². The Hall–Kier alpha value is -0.280.